The summed E-state index contributed by atoms with van der Waals surface area (Å²) < 4.78 is 0. The van der Waals surface area contributed by atoms with Gasteiger partial charge in [0.15, 0.2) is 0 Å². The zero-order valence-corrected chi connectivity index (χ0v) is 17.0. The van der Waals surface area contributed by atoms with Gasteiger partial charge >= 0.3 is 7.48 Å². The van der Waals surface area contributed by atoms with Gasteiger partial charge in [-0.15, -0.1) is 0 Å². The normalized spacial score (nSPS) is 16.7. The van der Waals surface area contributed by atoms with E-state index in [0.717, 1.165) is 12.9 Å². The molecule has 1 aliphatic carbocycles. The molecular weight excluding hydrogens is 375 g/mol. The Labute approximate surface area is 182 Å². The highest BCUT2D eigenvalue weighted by Gasteiger charge is 2.46. The van der Waals surface area contributed by atoms with Gasteiger partial charge in [0.2, 0.25) is 0 Å². The van der Waals surface area contributed by atoms with Crippen molar-refractivity contribution in [2.45, 2.75) is 5.41 Å². The predicted octanol–water partition coefficient (Wildman–Crippen LogP) is 5.44. The van der Waals surface area contributed by atoms with Crippen LogP contribution in [0.15, 0.2) is 115 Å². The maximum Gasteiger partial charge on any atom is 0.326 e. The largest absolute Gasteiger partial charge is 0.450 e. The predicted molar refractivity (Wildman–Crippen MR) is 129 cm³/mol. The first-order valence-electron chi connectivity index (χ1n) is 10.6. The van der Waals surface area contributed by atoms with E-state index in [-0.39, 0.29) is 0 Å². The molecule has 1 N–H and O–H groups in total. The zero-order valence-electron chi connectivity index (χ0n) is 17.0. The van der Waals surface area contributed by atoms with E-state index in [9.17, 15) is 5.02 Å². The molecule has 0 heterocycles. The molecule has 2 heteroatoms. The summed E-state index contributed by atoms with van der Waals surface area (Å²) in [6.07, 6.45) is 0. The molecule has 1 radical (unpaired) electrons. The molecule has 0 saturated heterocycles. The molecule has 0 bridgehead atoms. The Morgan fingerprint density at radius 1 is 0.548 bits per heavy atom. The fraction of sp³-hybridized carbons (Fsp3) is 0.0345. The van der Waals surface area contributed by atoms with Crippen LogP contribution >= 0.6 is 0 Å². The zero-order chi connectivity index (χ0) is 20.8. The number of benzene rings is 5. The summed E-state index contributed by atoms with van der Waals surface area (Å²) in [5.41, 5.74) is 8.05. The maximum absolute atomic E-state index is 9.48. The van der Waals surface area contributed by atoms with Gasteiger partial charge in [-0.25, -0.2) is 0 Å². The first-order chi connectivity index (χ1) is 15.3. The molecule has 1 nitrogen and oxygen atoms in total. The first kappa shape index (κ1) is 18.2. The molecule has 5 aromatic carbocycles. The quantitative estimate of drug-likeness (QED) is 0.396. The molecule has 0 aliphatic heterocycles. The van der Waals surface area contributed by atoms with E-state index in [1.54, 1.807) is 0 Å². The molecule has 0 aromatic heterocycles. The molecule has 0 saturated carbocycles. The lowest BCUT2D eigenvalue weighted by Crippen LogP contribution is -2.29. The van der Waals surface area contributed by atoms with Crippen LogP contribution in [0.1, 0.15) is 22.3 Å². The third kappa shape index (κ3) is 2.49. The summed E-state index contributed by atoms with van der Waals surface area (Å²) in [5, 5.41) is 12.0. The smallest absolute Gasteiger partial charge is 0.326 e. The van der Waals surface area contributed by atoms with E-state index >= 15 is 0 Å². The van der Waals surface area contributed by atoms with Gasteiger partial charge in [0.1, 0.15) is 0 Å². The molecule has 0 amide bonds. The minimum Gasteiger partial charge on any atom is -0.450 e. The molecule has 1 aliphatic rings. The van der Waals surface area contributed by atoms with Crippen LogP contribution in [-0.2, 0) is 5.41 Å². The van der Waals surface area contributed by atoms with Gasteiger partial charge in [-0.05, 0) is 44.2 Å². The van der Waals surface area contributed by atoms with Crippen molar-refractivity contribution < 1.29 is 5.02 Å². The van der Waals surface area contributed by atoms with Crippen LogP contribution < -0.4 is 5.46 Å². The highest BCUT2D eigenvalue weighted by atomic mass is 16.2. The number of rotatable bonds is 3. The molecule has 1 atom stereocenters. The van der Waals surface area contributed by atoms with Gasteiger partial charge in [-0.2, -0.15) is 0 Å². The lowest BCUT2D eigenvalue weighted by atomic mass is 9.67. The average Bonchev–Trinajstić information content (AvgIpc) is 3.16. The summed E-state index contributed by atoms with van der Waals surface area (Å²) in [6, 6.07) is 41.0. The van der Waals surface area contributed by atoms with Gasteiger partial charge in [0.05, 0.1) is 5.41 Å². The maximum atomic E-state index is 9.48. The van der Waals surface area contributed by atoms with Crippen molar-refractivity contribution in [2.75, 3.05) is 0 Å². The fourth-order valence-corrected chi connectivity index (χ4v) is 5.34. The number of hydrogen-bond donors (Lipinski definition) is 1. The second kappa shape index (κ2) is 6.97. The second-order valence-electron chi connectivity index (χ2n) is 8.12. The number of hydrogen-bond acceptors (Lipinski definition) is 1. The summed E-state index contributed by atoms with van der Waals surface area (Å²) in [4.78, 5) is 0. The van der Waals surface area contributed by atoms with Crippen molar-refractivity contribution in [3.8, 4) is 11.1 Å². The molecule has 31 heavy (non-hydrogen) atoms. The van der Waals surface area contributed by atoms with Crippen LogP contribution in [0.3, 0.4) is 0 Å². The van der Waals surface area contributed by atoms with E-state index < -0.39 is 5.41 Å². The Kier molecular flexibility index (Phi) is 4.09. The minimum absolute atomic E-state index is 0.412. The third-order valence-electron chi connectivity index (χ3n) is 6.63. The monoisotopic (exact) mass is 395 g/mol. The summed E-state index contributed by atoms with van der Waals surface area (Å²) >= 11 is 0. The fourth-order valence-electron chi connectivity index (χ4n) is 5.34. The molecule has 6 rings (SSSR count). The number of fused-ring (bicyclic) bond motifs is 5. The van der Waals surface area contributed by atoms with Crippen LogP contribution in [0.5, 0.6) is 0 Å². The van der Waals surface area contributed by atoms with Gasteiger partial charge in [-0.3, -0.25) is 0 Å². The highest BCUT2D eigenvalue weighted by molar-refractivity contribution is 6.45. The van der Waals surface area contributed by atoms with Crippen LogP contribution in [0, 0.1) is 0 Å². The Morgan fingerprint density at radius 3 is 2.03 bits per heavy atom. The van der Waals surface area contributed by atoms with Gasteiger partial charge in [0, 0.05) is 0 Å². The van der Waals surface area contributed by atoms with Crippen molar-refractivity contribution >= 4 is 23.7 Å². The van der Waals surface area contributed by atoms with Crippen molar-refractivity contribution in [3.05, 3.63) is 138 Å². The Bertz CT molecular complexity index is 1410. The average molecular weight is 395 g/mol. The topological polar surface area (TPSA) is 20.2 Å². The minimum atomic E-state index is -0.412. The second-order valence-corrected chi connectivity index (χ2v) is 8.12. The van der Waals surface area contributed by atoms with Gasteiger partial charge in [-0.1, -0.05) is 121 Å². The van der Waals surface area contributed by atoms with Crippen molar-refractivity contribution in [1.82, 2.24) is 0 Å². The summed E-state index contributed by atoms with van der Waals surface area (Å²) in [5.74, 6) is 0. The molecular formula is C29H20BO. The van der Waals surface area contributed by atoms with E-state index in [1.165, 1.54) is 44.2 Å². The molecule has 5 aromatic rings. The molecule has 0 fully saturated rings. The Balaban J connectivity index is 1.80. The summed E-state index contributed by atoms with van der Waals surface area (Å²) in [7, 11) is 1.16. The Morgan fingerprint density at radius 2 is 1.23 bits per heavy atom. The first-order valence-corrected chi connectivity index (χ1v) is 10.6. The van der Waals surface area contributed by atoms with Crippen LogP contribution in [0.4, 0.5) is 0 Å². The molecule has 145 valence electrons. The lowest BCUT2D eigenvalue weighted by Gasteiger charge is -2.34. The summed E-state index contributed by atoms with van der Waals surface area (Å²) in [6.45, 7) is 0. The Hall–Kier alpha value is -3.62. The molecule has 0 spiro atoms. The van der Waals surface area contributed by atoms with Crippen LogP contribution in [0.25, 0.3) is 21.9 Å². The van der Waals surface area contributed by atoms with Crippen LogP contribution in [-0.4, -0.2) is 12.5 Å². The van der Waals surface area contributed by atoms with Crippen molar-refractivity contribution in [2.24, 2.45) is 0 Å². The van der Waals surface area contributed by atoms with E-state index in [2.05, 4.69) is 103 Å². The van der Waals surface area contributed by atoms with Crippen molar-refractivity contribution in [3.63, 3.8) is 0 Å². The lowest BCUT2D eigenvalue weighted by molar-refractivity contribution is 0.615. The van der Waals surface area contributed by atoms with Gasteiger partial charge in [0.25, 0.3) is 0 Å². The highest BCUT2D eigenvalue weighted by Crippen LogP contribution is 2.57. The standard InChI is InChI=1S/C29H20BO/c31-30-23-17-15-22(16-18-23)29(21-9-2-1-3-10-21)26-13-7-6-12-25(26)28-24-11-5-4-8-20(24)14-19-27(28)29/h1-19,31H. The van der Waals surface area contributed by atoms with Crippen LogP contribution in [0.2, 0.25) is 0 Å². The van der Waals surface area contributed by atoms with Gasteiger partial charge < -0.3 is 5.02 Å². The molecule has 1 unspecified atom stereocenters. The van der Waals surface area contributed by atoms with E-state index in [4.69, 9.17) is 0 Å². The third-order valence-corrected chi connectivity index (χ3v) is 6.63. The van der Waals surface area contributed by atoms with Crippen molar-refractivity contribution in [1.29, 1.82) is 0 Å². The SMILES string of the molecule is O[B]c1ccc(C2(c3ccccc3)c3ccccc3-c3c2ccc2ccccc32)cc1. The van der Waals surface area contributed by atoms with E-state index in [1.807, 2.05) is 12.1 Å². The van der Waals surface area contributed by atoms with E-state index in [0.29, 0.717) is 0 Å².